The fraction of sp³-hybridized carbons (Fsp3) is 0.753. The summed E-state index contributed by atoms with van der Waals surface area (Å²) in [6, 6.07) is 0. The Hall–Kier alpha value is -3.07. The summed E-state index contributed by atoms with van der Waals surface area (Å²) in [6.07, 6.45) is 92.1. The molecule has 0 aromatic rings. The number of hydrogen-bond donors (Lipinski definition) is 2. The number of ether oxygens (including phenoxy) is 2. The second-order valence-corrected chi connectivity index (χ2v) is 24.5. The first kappa shape index (κ1) is 79.9. The van der Waals surface area contributed by atoms with Crippen molar-refractivity contribution in [2.45, 2.75) is 328 Å². The molecule has 0 aliphatic carbocycles. The number of rotatable bonds is 65. The lowest BCUT2D eigenvalue weighted by Gasteiger charge is -2.19. The lowest BCUT2D eigenvalue weighted by atomic mass is 10.0. The molecule has 0 aromatic heterocycles. The molecule has 0 bridgehead atoms. The Bertz CT molecular complexity index is 1680. The predicted molar refractivity (Wildman–Crippen MR) is 358 cm³/mol. The van der Waals surface area contributed by atoms with Crippen LogP contribution in [0.25, 0.3) is 0 Å². The van der Waals surface area contributed by atoms with Gasteiger partial charge in [0.25, 0.3) is 0 Å². The summed E-state index contributed by atoms with van der Waals surface area (Å²) in [6.45, 7) is 3.67. The van der Waals surface area contributed by atoms with Gasteiger partial charge in [0.2, 0.25) is 0 Å². The topological polar surface area (TPSA) is 134 Å². The van der Waals surface area contributed by atoms with Crippen LogP contribution < -0.4 is 5.73 Å². The van der Waals surface area contributed by atoms with Gasteiger partial charge in [0.15, 0.2) is 6.10 Å². The number of carbonyl (C=O) groups excluding carboxylic acids is 2. The Labute approximate surface area is 512 Å². The molecule has 0 heterocycles. The monoisotopic (exact) mass is 1180 g/mol. The molecule has 10 heteroatoms. The van der Waals surface area contributed by atoms with Gasteiger partial charge < -0.3 is 20.1 Å². The Morgan fingerprint density at radius 1 is 0.373 bits per heavy atom. The summed E-state index contributed by atoms with van der Waals surface area (Å²) in [5.41, 5.74) is 5.40. The third-order valence-corrected chi connectivity index (χ3v) is 15.9. The number of phosphoric acid groups is 1. The van der Waals surface area contributed by atoms with Crippen molar-refractivity contribution in [3.05, 3.63) is 97.2 Å². The van der Waals surface area contributed by atoms with Crippen molar-refractivity contribution in [2.75, 3.05) is 26.4 Å². The summed E-state index contributed by atoms with van der Waals surface area (Å²) in [7, 11) is -4.40. The maximum absolute atomic E-state index is 12.8. The van der Waals surface area contributed by atoms with E-state index in [1.165, 1.54) is 205 Å². The number of unbranched alkanes of at least 4 members (excludes halogenated alkanes) is 36. The molecule has 0 saturated carbocycles. The molecule has 0 aromatic carbocycles. The van der Waals surface area contributed by atoms with Crippen LogP contribution in [0.15, 0.2) is 97.2 Å². The average Bonchev–Trinajstić information content (AvgIpc) is 3.49. The lowest BCUT2D eigenvalue weighted by molar-refractivity contribution is -0.161. The van der Waals surface area contributed by atoms with Crippen molar-refractivity contribution in [1.29, 1.82) is 0 Å². The molecule has 480 valence electrons. The van der Waals surface area contributed by atoms with E-state index in [1.807, 2.05) is 0 Å². The summed E-state index contributed by atoms with van der Waals surface area (Å²) in [5.74, 6) is -0.818. The summed E-state index contributed by atoms with van der Waals surface area (Å²) in [5, 5.41) is 0. The van der Waals surface area contributed by atoms with Crippen LogP contribution in [0.2, 0.25) is 0 Å². The van der Waals surface area contributed by atoms with Crippen molar-refractivity contribution in [3.63, 3.8) is 0 Å². The van der Waals surface area contributed by atoms with Gasteiger partial charge >= 0.3 is 19.8 Å². The van der Waals surface area contributed by atoms with Gasteiger partial charge in [-0.15, -0.1) is 0 Å². The van der Waals surface area contributed by atoms with Crippen LogP contribution in [0, 0.1) is 0 Å². The minimum atomic E-state index is -4.40. The van der Waals surface area contributed by atoms with E-state index in [2.05, 4.69) is 111 Å². The van der Waals surface area contributed by atoms with Gasteiger partial charge in [-0.05, 0) is 96.3 Å². The van der Waals surface area contributed by atoms with Crippen molar-refractivity contribution >= 4 is 19.8 Å². The van der Waals surface area contributed by atoms with E-state index in [1.54, 1.807) is 0 Å². The molecular weight excluding hydrogens is 1050 g/mol. The molecule has 0 rings (SSSR count). The third kappa shape index (κ3) is 67.9. The normalized spacial score (nSPS) is 13.5. The SMILES string of the molecule is CC/C=C\C/C=C\C/C=C\C/C=C\C/C=C\C/C=C\C/C=C\CCCCCCCCCCCCCCCCCC(=O)OC(COC(=O)CCCCCCCCCCCCCCC/C=C\CCCCCCCCCC)COP(=O)(O)OCCN. The molecule has 0 fully saturated rings. The number of esters is 2. The number of carbonyl (C=O) groups is 2. The molecule has 0 aliphatic rings. The van der Waals surface area contributed by atoms with Crippen LogP contribution in [-0.2, 0) is 32.7 Å². The molecule has 83 heavy (non-hydrogen) atoms. The van der Waals surface area contributed by atoms with Gasteiger partial charge in [-0.1, -0.05) is 310 Å². The highest BCUT2D eigenvalue weighted by atomic mass is 31.2. The molecule has 2 unspecified atom stereocenters. The number of hydrogen-bond acceptors (Lipinski definition) is 8. The minimum absolute atomic E-state index is 0.0517. The van der Waals surface area contributed by atoms with Gasteiger partial charge in [-0.2, -0.15) is 0 Å². The van der Waals surface area contributed by atoms with E-state index in [-0.39, 0.29) is 38.6 Å². The van der Waals surface area contributed by atoms with E-state index in [4.69, 9.17) is 24.3 Å². The predicted octanol–water partition coefficient (Wildman–Crippen LogP) is 22.7. The van der Waals surface area contributed by atoms with E-state index in [0.29, 0.717) is 6.42 Å². The van der Waals surface area contributed by atoms with E-state index < -0.39 is 26.5 Å². The molecule has 3 N–H and O–H groups in total. The first-order valence-electron chi connectivity index (χ1n) is 34.7. The van der Waals surface area contributed by atoms with Crippen LogP contribution in [0.3, 0.4) is 0 Å². The van der Waals surface area contributed by atoms with Gasteiger partial charge in [-0.25, -0.2) is 4.57 Å². The molecule has 0 aliphatic heterocycles. The Morgan fingerprint density at radius 2 is 0.663 bits per heavy atom. The molecule has 0 saturated heterocycles. The van der Waals surface area contributed by atoms with E-state index in [0.717, 1.165) is 83.5 Å². The van der Waals surface area contributed by atoms with Crippen LogP contribution in [0.1, 0.15) is 322 Å². The standard InChI is InChI=1S/C73H130NO8P/c1-3-5-7-9-11-13-15-17-19-21-23-25-27-29-30-31-32-33-34-35-36-37-38-39-40-42-44-46-48-50-52-54-56-58-60-62-64-66-73(76)82-71(70-81-83(77,78)80-68-67-74)69-79-72(75)65-63-61-59-57-55-53-51-49-47-45-43-41-28-26-24-22-20-18-16-14-12-10-8-6-4-2/h5,7,11,13,17,19,22-25,29-30,32-33,35-36,71H,3-4,6,8-10,12,14-16,18,20-21,26-28,31,34,37-70,74H2,1-2H3,(H,77,78)/b7-5-,13-11-,19-17-,24-22-,25-23-,30-29-,33-32-,36-35-. The first-order chi connectivity index (χ1) is 40.8. The molecular formula is C73H130NO8P. The third-order valence-electron chi connectivity index (χ3n) is 15.0. The smallest absolute Gasteiger partial charge is 0.462 e. The van der Waals surface area contributed by atoms with E-state index >= 15 is 0 Å². The van der Waals surface area contributed by atoms with Gasteiger partial charge in [-0.3, -0.25) is 18.6 Å². The quantitative estimate of drug-likeness (QED) is 0.0264. The molecule has 0 spiro atoms. The Balaban J connectivity index is 3.88. The molecule has 0 amide bonds. The van der Waals surface area contributed by atoms with Crippen molar-refractivity contribution in [1.82, 2.24) is 0 Å². The zero-order valence-electron chi connectivity index (χ0n) is 53.9. The zero-order valence-corrected chi connectivity index (χ0v) is 54.8. The molecule has 9 nitrogen and oxygen atoms in total. The number of nitrogens with two attached hydrogens (primary N) is 1. The maximum atomic E-state index is 12.8. The summed E-state index contributed by atoms with van der Waals surface area (Å²) in [4.78, 5) is 35.3. The zero-order chi connectivity index (χ0) is 60.1. The number of phosphoric ester groups is 1. The van der Waals surface area contributed by atoms with Gasteiger partial charge in [0.1, 0.15) is 6.61 Å². The summed E-state index contributed by atoms with van der Waals surface area (Å²) < 4.78 is 33.2. The van der Waals surface area contributed by atoms with Crippen LogP contribution in [0.4, 0.5) is 0 Å². The van der Waals surface area contributed by atoms with Crippen molar-refractivity contribution in [3.8, 4) is 0 Å². The maximum Gasteiger partial charge on any atom is 0.472 e. The van der Waals surface area contributed by atoms with Crippen LogP contribution in [0.5, 0.6) is 0 Å². The Morgan fingerprint density at radius 3 is 1.00 bits per heavy atom. The fourth-order valence-corrected chi connectivity index (χ4v) is 10.6. The van der Waals surface area contributed by atoms with Crippen LogP contribution >= 0.6 is 7.82 Å². The molecule has 0 radical (unpaired) electrons. The van der Waals surface area contributed by atoms with Gasteiger partial charge in [0, 0.05) is 19.4 Å². The lowest BCUT2D eigenvalue weighted by Crippen LogP contribution is -2.29. The highest BCUT2D eigenvalue weighted by molar-refractivity contribution is 7.47. The Kier molecular flexibility index (Phi) is 65.5. The highest BCUT2D eigenvalue weighted by Crippen LogP contribution is 2.43. The van der Waals surface area contributed by atoms with Crippen LogP contribution in [-0.4, -0.2) is 49.3 Å². The average molecular weight is 1180 g/mol. The molecule has 2 atom stereocenters. The first-order valence-corrected chi connectivity index (χ1v) is 36.2. The second kappa shape index (κ2) is 68.0. The van der Waals surface area contributed by atoms with Gasteiger partial charge in [0.05, 0.1) is 13.2 Å². The van der Waals surface area contributed by atoms with Crippen molar-refractivity contribution < 1.29 is 37.6 Å². The second-order valence-electron chi connectivity index (χ2n) is 23.0. The highest BCUT2D eigenvalue weighted by Gasteiger charge is 2.26. The number of allylic oxidation sites excluding steroid dienone is 16. The fourth-order valence-electron chi connectivity index (χ4n) is 9.85. The van der Waals surface area contributed by atoms with E-state index in [9.17, 15) is 19.0 Å². The van der Waals surface area contributed by atoms with Crippen molar-refractivity contribution in [2.24, 2.45) is 5.73 Å². The summed E-state index contributed by atoms with van der Waals surface area (Å²) >= 11 is 0. The minimum Gasteiger partial charge on any atom is -0.462 e. The largest absolute Gasteiger partial charge is 0.472 e.